The van der Waals surface area contributed by atoms with Gasteiger partial charge in [0, 0.05) is 28.6 Å². The number of aliphatic imine (C=N–C) groups is 1. The summed E-state index contributed by atoms with van der Waals surface area (Å²) in [5.41, 5.74) is 3.34. The van der Waals surface area contributed by atoms with Gasteiger partial charge in [0.05, 0.1) is 40.5 Å². The van der Waals surface area contributed by atoms with Gasteiger partial charge in [-0.2, -0.15) is 0 Å². The first-order valence-electron chi connectivity index (χ1n) is 12.8. The van der Waals surface area contributed by atoms with Crippen LogP contribution in [-0.4, -0.2) is 24.6 Å². The molecule has 40 heavy (non-hydrogen) atoms. The summed E-state index contributed by atoms with van der Waals surface area (Å²) in [5.74, 6) is 0.190. The molecule has 1 N–H and O–H groups in total. The van der Waals surface area contributed by atoms with Crippen molar-refractivity contribution >= 4 is 69.1 Å². The Kier molecular flexibility index (Phi) is 7.36. The number of thiophene rings is 1. The Morgan fingerprint density at radius 3 is 2.52 bits per heavy atom. The summed E-state index contributed by atoms with van der Waals surface area (Å²) in [7, 11) is 1.61. The average molecular weight is 591 g/mol. The molecule has 6 rings (SSSR count). The largest absolute Gasteiger partial charge is 0.497 e. The third kappa shape index (κ3) is 5.01. The van der Waals surface area contributed by atoms with Gasteiger partial charge >= 0.3 is 6.03 Å². The zero-order valence-corrected chi connectivity index (χ0v) is 23.8. The molecule has 2 heterocycles. The number of ketones is 1. The number of halogens is 2. The van der Waals surface area contributed by atoms with Gasteiger partial charge in [0.1, 0.15) is 11.5 Å². The Morgan fingerprint density at radius 1 is 1.00 bits per heavy atom. The van der Waals surface area contributed by atoms with E-state index in [1.54, 1.807) is 41.5 Å². The Balaban J connectivity index is 1.49. The second-order valence-corrected chi connectivity index (χ2v) is 11.6. The van der Waals surface area contributed by atoms with Gasteiger partial charge in [-0.3, -0.25) is 14.7 Å². The van der Waals surface area contributed by atoms with Crippen molar-refractivity contribution in [2.45, 2.75) is 24.8 Å². The first-order chi connectivity index (χ1) is 19.4. The molecule has 1 aliphatic carbocycles. The number of benzene rings is 3. The number of para-hydroxylation sites is 2. The van der Waals surface area contributed by atoms with E-state index in [0.717, 1.165) is 11.3 Å². The number of hydrogen-bond acceptors (Lipinski definition) is 5. The number of urea groups is 1. The number of carbonyl (C=O) groups excluding carboxylic acids is 2. The van der Waals surface area contributed by atoms with Gasteiger partial charge in [-0.05, 0) is 65.9 Å². The van der Waals surface area contributed by atoms with Crippen molar-refractivity contribution in [1.82, 2.24) is 0 Å². The number of hydrogen-bond donors (Lipinski definition) is 1. The van der Waals surface area contributed by atoms with Crippen LogP contribution in [0.2, 0.25) is 10.0 Å². The van der Waals surface area contributed by atoms with Crippen LogP contribution >= 0.6 is 34.5 Å². The minimum absolute atomic E-state index is 0.0581. The van der Waals surface area contributed by atoms with Crippen molar-refractivity contribution in [2.24, 2.45) is 10.9 Å². The highest BCUT2D eigenvalue weighted by molar-refractivity contribution is 7.10. The first-order valence-corrected chi connectivity index (χ1v) is 14.5. The van der Waals surface area contributed by atoms with Gasteiger partial charge in [-0.1, -0.05) is 53.5 Å². The van der Waals surface area contributed by atoms with Crippen molar-refractivity contribution in [3.63, 3.8) is 0 Å². The molecule has 2 amide bonds. The van der Waals surface area contributed by atoms with Crippen LogP contribution in [-0.2, 0) is 4.79 Å². The molecule has 1 saturated carbocycles. The highest BCUT2D eigenvalue weighted by Crippen LogP contribution is 2.48. The minimum atomic E-state index is -0.632. The molecular weight excluding hydrogens is 565 g/mol. The van der Waals surface area contributed by atoms with Crippen LogP contribution in [0.15, 0.2) is 89.2 Å². The quantitative estimate of drug-likeness (QED) is 0.259. The Hall–Kier alpha value is -3.65. The van der Waals surface area contributed by atoms with Gasteiger partial charge in [0.15, 0.2) is 0 Å². The molecule has 6 nitrogen and oxygen atoms in total. The van der Waals surface area contributed by atoms with Crippen LogP contribution in [0.3, 0.4) is 0 Å². The van der Waals surface area contributed by atoms with Gasteiger partial charge in [-0.15, -0.1) is 11.3 Å². The fourth-order valence-corrected chi connectivity index (χ4v) is 6.69. The van der Waals surface area contributed by atoms with Crippen LogP contribution in [0.5, 0.6) is 5.75 Å². The summed E-state index contributed by atoms with van der Waals surface area (Å²) >= 11 is 14.0. The highest BCUT2D eigenvalue weighted by atomic mass is 35.5. The molecule has 0 saturated heterocycles. The number of nitrogens with one attached hydrogen (secondary N) is 1. The summed E-state index contributed by atoms with van der Waals surface area (Å²) in [4.78, 5) is 36.1. The SMILES string of the molecule is COc1ccc(C2C3C(=O)CC(c4cccs4)CC3=Nc3ccccc3N2C(=O)Nc2ccc(Cl)c(Cl)c2)cc1. The number of anilines is 2. The number of rotatable bonds is 4. The molecule has 1 fully saturated rings. The predicted octanol–water partition coefficient (Wildman–Crippen LogP) is 8.69. The molecule has 0 spiro atoms. The first kappa shape index (κ1) is 26.6. The summed E-state index contributed by atoms with van der Waals surface area (Å²) < 4.78 is 5.39. The zero-order chi connectivity index (χ0) is 27.8. The molecule has 1 aromatic heterocycles. The molecule has 0 radical (unpaired) electrons. The van der Waals surface area contributed by atoms with Crippen molar-refractivity contribution in [3.8, 4) is 5.75 Å². The second kappa shape index (κ2) is 11.1. The maximum atomic E-state index is 14.2. The average Bonchev–Trinajstić information content (AvgIpc) is 3.45. The molecule has 4 aromatic rings. The smallest absolute Gasteiger partial charge is 0.327 e. The minimum Gasteiger partial charge on any atom is -0.497 e. The van der Waals surface area contributed by atoms with Crippen molar-refractivity contribution in [2.75, 3.05) is 17.3 Å². The van der Waals surface area contributed by atoms with Crippen LogP contribution in [0.1, 0.15) is 35.2 Å². The molecule has 3 aromatic carbocycles. The van der Waals surface area contributed by atoms with E-state index in [0.29, 0.717) is 45.7 Å². The summed E-state index contributed by atoms with van der Waals surface area (Å²) in [6.45, 7) is 0. The molecule has 0 bridgehead atoms. The van der Waals surface area contributed by atoms with E-state index in [2.05, 4.69) is 11.4 Å². The van der Waals surface area contributed by atoms with E-state index >= 15 is 0 Å². The lowest BCUT2D eigenvalue weighted by Gasteiger charge is -2.38. The number of fused-ring (bicyclic) bond motifs is 2. The van der Waals surface area contributed by atoms with Crippen LogP contribution in [0.25, 0.3) is 0 Å². The fraction of sp³-hybridized carbons (Fsp3) is 0.194. The highest BCUT2D eigenvalue weighted by Gasteiger charge is 2.46. The molecule has 9 heteroatoms. The zero-order valence-electron chi connectivity index (χ0n) is 21.5. The summed E-state index contributed by atoms with van der Waals surface area (Å²) in [6.07, 6.45) is 1.02. The molecule has 2 aliphatic rings. The Morgan fingerprint density at radius 2 is 1.80 bits per heavy atom. The molecule has 202 valence electrons. The number of Topliss-reactive ketones (excluding diaryl/α,β-unsaturated/α-hetero) is 1. The lowest BCUT2D eigenvalue weighted by Crippen LogP contribution is -2.47. The van der Waals surface area contributed by atoms with Crippen LogP contribution < -0.4 is 15.0 Å². The number of carbonyl (C=O) groups is 2. The number of ether oxygens (including phenoxy) is 1. The standard InChI is InChI=1S/C31H25Cl2N3O3S/c1-39-21-11-8-18(9-12-21)30-29-25(15-19(16-27(29)37)28-7-4-14-40-28)35-24-5-2-3-6-26(24)36(30)31(38)34-20-10-13-22(32)23(33)17-20/h2-14,17,19,29-30H,15-16H2,1H3,(H,34,38). The lowest BCUT2D eigenvalue weighted by molar-refractivity contribution is -0.122. The summed E-state index contributed by atoms with van der Waals surface area (Å²) in [6, 6.07) is 23.0. The second-order valence-electron chi connectivity index (χ2n) is 9.80. The lowest BCUT2D eigenvalue weighted by atomic mass is 9.73. The third-order valence-corrected chi connectivity index (χ3v) is 9.17. The van der Waals surface area contributed by atoms with Crippen LogP contribution in [0.4, 0.5) is 21.9 Å². The predicted molar refractivity (Wildman–Crippen MR) is 162 cm³/mol. The molecule has 3 unspecified atom stereocenters. The van der Waals surface area contributed by atoms with Gasteiger partial charge in [-0.25, -0.2) is 4.79 Å². The number of methoxy groups -OCH3 is 1. The molecule has 3 atom stereocenters. The molecular formula is C31H25Cl2N3O3S. The van der Waals surface area contributed by atoms with E-state index in [9.17, 15) is 9.59 Å². The van der Waals surface area contributed by atoms with E-state index < -0.39 is 18.0 Å². The van der Waals surface area contributed by atoms with Crippen molar-refractivity contribution < 1.29 is 14.3 Å². The Labute approximate surface area is 246 Å². The maximum absolute atomic E-state index is 14.2. The van der Waals surface area contributed by atoms with Crippen LogP contribution in [0, 0.1) is 5.92 Å². The van der Waals surface area contributed by atoms with Crippen molar-refractivity contribution in [3.05, 3.63) is 105 Å². The maximum Gasteiger partial charge on any atom is 0.327 e. The van der Waals surface area contributed by atoms with E-state index in [-0.39, 0.29) is 11.7 Å². The monoisotopic (exact) mass is 589 g/mol. The van der Waals surface area contributed by atoms with Gasteiger partial charge < -0.3 is 10.1 Å². The van der Waals surface area contributed by atoms with Gasteiger partial charge in [0.25, 0.3) is 0 Å². The third-order valence-electron chi connectivity index (χ3n) is 7.40. The van der Waals surface area contributed by atoms with E-state index in [1.165, 1.54) is 4.88 Å². The molecule has 1 aliphatic heterocycles. The van der Waals surface area contributed by atoms with Gasteiger partial charge in [0.2, 0.25) is 0 Å². The fourth-order valence-electron chi connectivity index (χ4n) is 5.56. The topological polar surface area (TPSA) is 71.0 Å². The normalized spacial score (nSPS) is 20.2. The number of amides is 2. The van der Waals surface area contributed by atoms with E-state index in [1.807, 2.05) is 60.0 Å². The van der Waals surface area contributed by atoms with Crippen molar-refractivity contribution in [1.29, 1.82) is 0 Å². The summed E-state index contributed by atoms with van der Waals surface area (Å²) in [5, 5.41) is 5.72. The van der Waals surface area contributed by atoms with E-state index in [4.69, 9.17) is 32.9 Å². The Bertz CT molecular complexity index is 1600. The number of nitrogens with zero attached hydrogens (tertiary/aromatic N) is 2.